The van der Waals surface area contributed by atoms with Crippen molar-refractivity contribution in [3.8, 4) is 0 Å². The SMILES string of the molecule is Cc1cc(NC(=O)c2ccc(S(=O)(=O)N(C)C(C)C)cc2)on1. The minimum absolute atomic E-state index is 0.140. The highest BCUT2D eigenvalue weighted by Crippen LogP contribution is 2.18. The van der Waals surface area contributed by atoms with Gasteiger partial charge in [-0.05, 0) is 45.0 Å². The smallest absolute Gasteiger partial charge is 0.258 e. The van der Waals surface area contributed by atoms with E-state index in [1.807, 2.05) is 0 Å². The molecule has 23 heavy (non-hydrogen) atoms. The highest BCUT2D eigenvalue weighted by molar-refractivity contribution is 7.89. The average molecular weight is 337 g/mol. The number of anilines is 1. The van der Waals surface area contributed by atoms with Crippen molar-refractivity contribution in [1.29, 1.82) is 0 Å². The van der Waals surface area contributed by atoms with Crippen molar-refractivity contribution in [2.45, 2.75) is 31.7 Å². The molecule has 0 saturated heterocycles. The number of aryl methyl sites for hydroxylation is 1. The van der Waals surface area contributed by atoms with E-state index >= 15 is 0 Å². The van der Waals surface area contributed by atoms with Crippen LogP contribution in [0.4, 0.5) is 5.88 Å². The Labute approximate surface area is 135 Å². The predicted octanol–water partition coefficient (Wildman–Crippen LogP) is 2.26. The second-order valence-corrected chi connectivity index (χ2v) is 7.42. The summed E-state index contributed by atoms with van der Waals surface area (Å²) in [6.07, 6.45) is 0. The molecule has 0 spiro atoms. The molecule has 124 valence electrons. The van der Waals surface area contributed by atoms with Crippen molar-refractivity contribution in [2.24, 2.45) is 0 Å². The van der Waals surface area contributed by atoms with Gasteiger partial charge in [-0.25, -0.2) is 8.42 Å². The van der Waals surface area contributed by atoms with Crippen LogP contribution < -0.4 is 5.32 Å². The molecule has 2 rings (SSSR count). The van der Waals surface area contributed by atoms with Gasteiger partial charge in [-0.3, -0.25) is 10.1 Å². The van der Waals surface area contributed by atoms with Crippen LogP contribution in [0.2, 0.25) is 0 Å². The number of sulfonamides is 1. The Morgan fingerprint density at radius 1 is 1.26 bits per heavy atom. The third-order valence-electron chi connectivity index (χ3n) is 3.39. The Hall–Kier alpha value is -2.19. The average Bonchev–Trinajstić information content (AvgIpc) is 2.91. The van der Waals surface area contributed by atoms with Crippen LogP contribution in [0.25, 0.3) is 0 Å². The summed E-state index contributed by atoms with van der Waals surface area (Å²) < 4.78 is 30.9. The number of benzene rings is 1. The molecule has 0 atom stereocenters. The van der Waals surface area contributed by atoms with Crippen LogP contribution >= 0.6 is 0 Å². The third kappa shape index (κ3) is 3.77. The summed E-state index contributed by atoms with van der Waals surface area (Å²) in [4.78, 5) is 12.2. The third-order valence-corrected chi connectivity index (χ3v) is 5.43. The minimum Gasteiger partial charge on any atom is -0.338 e. The second kappa shape index (κ2) is 6.51. The fourth-order valence-electron chi connectivity index (χ4n) is 1.83. The normalized spacial score (nSPS) is 11.9. The first-order valence-corrected chi connectivity index (χ1v) is 8.48. The molecule has 2 aromatic rings. The van der Waals surface area contributed by atoms with E-state index in [4.69, 9.17) is 4.52 Å². The molecule has 0 radical (unpaired) electrons. The molecule has 0 aliphatic heterocycles. The molecule has 0 unspecified atom stereocenters. The topological polar surface area (TPSA) is 92.5 Å². The van der Waals surface area contributed by atoms with Gasteiger partial charge in [0, 0.05) is 24.7 Å². The molecule has 1 aromatic heterocycles. The van der Waals surface area contributed by atoms with Crippen LogP contribution in [0.1, 0.15) is 29.9 Å². The monoisotopic (exact) mass is 337 g/mol. The molecule has 1 heterocycles. The lowest BCUT2D eigenvalue weighted by Gasteiger charge is -2.20. The number of rotatable bonds is 5. The van der Waals surface area contributed by atoms with E-state index in [1.54, 1.807) is 26.8 Å². The van der Waals surface area contributed by atoms with E-state index in [0.717, 1.165) is 0 Å². The summed E-state index contributed by atoms with van der Waals surface area (Å²) in [5.74, 6) is -0.161. The molecule has 0 fully saturated rings. The van der Waals surface area contributed by atoms with Gasteiger partial charge in [0.05, 0.1) is 10.6 Å². The maximum atomic E-state index is 12.4. The van der Waals surface area contributed by atoms with E-state index in [-0.39, 0.29) is 16.8 Å². The summed E-state index contributed by atoms with van der Waals surface area (Å²) in [7, 11) is -2.04. The number of hydrogen-bond acceptors (Lipinski definition) is 5. The van der Waals surface area contributed by atoms with Crippen LogP contribution in [0.15, 0.2) is 39.8 Å². The zero-order valence-electron chi connectivity index (χ0n) is 13.4. The van der Waals surface area contributed by atoms with Gasteiger partial charge in [-0.1, -0.05) is 5.16 Å². The first kappa shape index (κ1) is 17.2. The Kier molecular flexibility index (Phi) is 4.86. The highest BCUT2D eigenvalue weighted by Gasteiger charge is 2.23. The molecule has 7 nitrogen and oxygen atoms in total. The van der Waals surface area contributed by atoms with E-state index in [9.17, 15) is 13.2 Å². The van der Waals surface area contributed by atoms with Crippen LogP contribution in [0.5, 0.6) is 0 Å². The molecule has 1 aromatic carbocycles. The van der Waals surface area contributed by atoms with E-state index in [0.29, 0.717) is 11.3 Å². The number of hydrogen-bond donors (Lipinski definition) is 1. The second-order valence-electron chi connectivity index (χ2n) is 5.43. The highest BCUT2D eigenvalue weighted by atomic mass is 32.2. The maximum absolute atomic E-state index is 12.4. The van der Waals surface area contributed by atoms with E-state index < -0.39 is 15.9 Å². The van der Waals surface area contributed by atoms with Crippen molar-refractivity contribution >= 4 is 21.8 Å². The largest absolute Gasteiger partial charge is 0.338 e. The van der Waals surface area contributed by atoms with Gasteiger partial charge in [0.25, 0.3) is 5.91 Å². The van der Waals surface area contributed by atoms with Crippen LogP contribution in [0, 0.1) is 6.92 Å². The molecule has 1 amide bonds. The Morgan fingerprint density at radius 3 is 2.35 bits per heavy atom. The van der Waals surface area contributed by atoms with Gasteiger partial charge in [-0.2, -0.15) is 4.31 Å². The summed E-state index contributed by atoms with van der Waals surface area (Å²) in [5, 5.41) is 6.22. The first-order valence-electron chi connectivity index (χ1n) is 7.04. The summed E-state index contributed by atoms with van der Waals surface area (Å²) in [6.45, 7) is 5.32. The fraction of sp³-hybridized carbons (Fsp3) is 0.333. The molecule has 0 bridgehead atoms. The van der Waals surface area contributed by atoms with Crippen LogP contribution in [-0.4, -0.2) is 36.9 Å². The molecule has 0 aliphatic carbocycles. The fourth-order valence-corrected chi connectivity index (χ4v) is 3.20. The quantitative estimate of drug-likeness (QED) is 0.903. The number of nitrogens with one attached hydrogen (secondary N) is 1. The molecular weight excluding hydrogens is 318 g/mol. The lowest BCUT2D eigenvalue weighted by Crippen LogP contribution is -2.33. The van der Waals surface area contributed by atoms with Crippen molar-refractivity contribution in [1.82, 2.24) is 9.46 Å². The predicted molar refractivity (Wildman–Crippen MR) is 85.7 cm³/mol. The van der Waals surface area contributed by atoms with Crippen molar-refractivity contribution in [3.63, 3.8) is 0 Å². The molecule has 8 heteroatoms. The van der Waals surface area contributed by atoms with Gasteiger partial charge in [0.15, 0.2) is 0 Å². The summed E-state index contributed by atoms with van der Waals surface area (Å²) in [6, 6.07) is 7.18. The zero-order valence-corrected chi connectivity index (χ0v) is 14.2. The standard InChI is InChI=1S/C15H19N3O4S/c1-10(2)18(4)23(20,21)13-7-5-12(6-8-13)15(19)16-14-9-11(3)17-22-14/h5-10H,1-4H3,(H,16,19). The lowest BCUT2D eigenvalue weighted by molar-refractivity contribution is 0.102. The van der Waals surface area contributed by atoms with Gasteiger partial charge in [0.1, 0.15) is 0 Å². The number of aromatic nitrogens is 1. The number of amides is 1. The Morgan fingerprint density at radius 2 is 1.87 bits per heavy atom. The van der Waals surface area contributed by atoms with Crippen LogP contribution in [0.3, 0.4) is 0 Å². The molecular formula is C15H19N3O4S. The first-order chi connectivity index (χ1) is 10.7. The minimum atomic E-state index is -3.56. The lowest BCUT2D eigenvalue weighted by atomic mass is 10.2. The number of carbonyl (C=O) groups excluding carboxylic acids is 1. The number of carbonyl (C=O) groups is 1. The molecule has 0 saturated carbocycles. The van der Waals surface area contributed by atoms with Crippen molar-refractivity contribution in [3.05, 3.63) is 41.6 Å². The van der Waals surface area contributed by atoms with Gasteiger partial charge in [-0.15, -0.1) is 0 Å². The van der Waals surface area contributed by atoms with Crippen LogP contribution in [-0.2, 0) is 10.0 Å². The Bertz CT molecular complexity index is 794. The van der Waals surface area contributed by atoms with Gasteiger partial charge < -0.3 is 4.52 Å². The maximum Gasteiger partial charge on any atom is 0.258 e. The molecule has 1 N–H and O–H groups in total. The van der Waals surface area contributed by atoms with Crippen molar-refractivity contribution in [2.75, 3.05) is 12.4 Å². The number of nitrogens with zero attached hydrogens (tertiary/aromatic N) is 2. The van der Waals surface area contributed by atoms with Gasteiger partial charge in [0.2, 0.25) is 15.9 Å². The van der Waals surface area contributed by atoms with Crippen molar-refractivity contribution < 1.29 is 17.7 Å². The molecule has 0 aliphatic rings. The summed E-state index contributed by atoms with van der Waals surface area (Å²) in [5.41, 5.74) is 0.976. The Balaban J connectivity index is 2.17. The van der Waals surface area contributed by atoms with E-state index in [2.05, 4.69) is 10.5 Å². The van der Waals surface area contributed by atoms with E-state index in [1.165, 1.54) is 35.6 Å². The summed E-state index contributed by atoms with van der Waals surface area (Å²) >= 11 is 0. The zero-order chi connectivity index (χ0) is 17.2. The van der Waals surface area contributed by atoms with Gasteiger partial charge >= 0.3 is 0 Å².